The highest BCUT2D eigenvalue weighted by atomic mass is 16.5. The van der Waals surface area contributed by atoms with E-state index in [2.05, 4.69) is 5.32 Å². The Hall–Kier alpha value is -1.75. The van der Waals surface area contributed by atoms with Crippen LogP contribution in [0.1, 0.15) is 18.9 Å². The van der Waals surface area contributed by atoms with Gasteiger partial charge in [0.15, 0.2) is 0 Å². The number of benzene rings is 1. The molecule has 19 heavy (non-hydrogen) atoms. The van der Waals surface area contributed by atoms with Crippen LogP contribution >= 0.6 is 0 Å². The number of amides is 1. The molecule has 0 saturated carbocycles. The highest BCUT2D eigenvalue weighted by Crippen LogP contribution is 2.24. The SMILES string of the molecule is CCNC(=O)CCOc1ccc(OC)cc1CCN. The van der Waals surface area contributed by atoms with E-state index >= 15 is 0 Å². The van der Waals surface area contributed by atoms with E-state index in [1.165, 1.54) is 0 Å². The average Bonchev–Trinajstić information content (AvgIpc) is 2.41. The molecule has 0 saturated heterocycles. The molecule has 0 heterocycles. The minimum atomic E-state index is -0.00335. The number of methoxy groups -OCH3 is 1. The van der Waals surface area contributed by atoms with Gasteiger partial charge in [0.25, 0.3) is 0 Å². The van der Waals surface area contributed by atoms with Crippen molar-refractivity contribution >= 4 is 5.91 Å². The van der Waals surface area contributed by atoms with Gasteiger partial charge in [-0.3, -0.25) is 4.79 Å². The summed E-state index contributed by atoms with van der Waals surface area (Å²) in [5.74, 6) is 1.53. The molecule has 3 N–H and O–H groups in total. The Morgan fingerprint density at radius 3 is 2.84 bits per heavy atom. The van der Waals surface area contributed by atoms with Gasteiger partial charge in [-0.25, -0.2) is 0 Å². The largest absolute Gasteiger partial charge is 0.497 e. The average molecular weight is 266 g/mol. The third kappa shape index (κ3) is 5.18. The molecule has 1 rings (SSSR count). The van der Waals surface area contributed by atoms with Gasteiger partial charge in [-0.15, -0.1) is 0 Å². The van der Waals surface area contributed by atoms with Crippen molar-refractivity contribution in [3.05, 3.63) is 23.8 Å². The maximum Gasteiger partial charge on any atom is 0.223 e. The van der Waals surface area contributed by atoms with Crippen molar-refractivity contribution in [3.63, 3.8) is 0 Å². The number of ether oxygens (including phenoxy) is 2. The zero-order valence-corrected chi connectivity index (χ0v) is 11.6. The van der Waals surface area contributed by atoms with Crippen LogP contribution in [0.25, 0.3) is 0 Å². The van der Waals surface area contributed by atoms with Gasteiger partial charge in [-0.05, 0) is 43.7 Å². The van der Waals surface area contributed by atoms with Crippen molar-refractivity contribution in [3.8, 4) is 11.5 Å². The molecule has 1 amide bonds. The van der Waals surface area contributed by atoms with Crippen molar-refractivity contribution in [2.75, 3.05) is 26.8 Å². The second-order valence-corrected chi connectivity index (χ2v) is 4.06. The zero-order valence-electron chi connectivity index (χ0n) is 11.6. The summed E-state index contributed by atoms with van der Waals surface area (Å²) in [5, 5.41) is 2.73. The summed E-state index contributed by atoms with van der Waals surface area (Å²) < 4.78 is 10.8. The van der Waals surface area contributed by atoms with Crippen molar-refractivity contribution in [2.45, 2.75) is 19.8 Å². The molecule has 0 unspecified atom stereocenters. The molecular weight excluding hydrogens is 244 g/mol. The summed E-state index contributed by atoms with van der Waals surface area (Å²) in [6.07, 6.45) is 1.07. The number of hydrogen-bond donors (Lipinski definition) is 2. The molecule has 0 bridgehead atoms. The van der Waals surface area contributed by atoms with Crippen LogP contribution in [0.4, 0.5) is 0 Å². The molecule has 0 aliphatic carbocycles. The lowest BCUT2D eigenvalue weighted by Gasteiger charge is -2.12. The predicted molar refractivity (Wildman–Crippen MR) is 74.5 cm³/mol. The predicted octanol–water partition coefficient (Wildman–Crippen LogP) is 1.10. The first-order chi connectivity index (χ1) is 9.21. The number of rotatable bonds is 8. The number of nitrogens with one attached hydrogen (secondary N) is 1. The van der Waals surface area contributed by atoms with Gasteiger partial charge in [0.1, 0.15) is 11.5 Å². The molecule has 5 nitrogen and oxygen atoms in total. The molecule has 5 heteroatoms. The summed E-state index contributed by atoms with van der Waals surface area (Å²) in [6.45, 7) is 3.43. The summed E-state index contributed by atoms with van der Waals surface area (Å²) >= 11 is 0. The van der Waals surface area contributed by atoms with Crippen LogP contribution in [0.5, 0.6) is 11.5 Å². The third-order valence-corrected chi connectivity index (χ3v) is 2.64. The zero-order chi connectivity index (χ0) is 14.1. The maximum absolute atomic E-state index is 11.3. The van der Waals surface area contributed by atoms with E-state index in [0.717, 1.165) is 17.1 Å². The standard InChI is InChI=1S/C14H22N2O3/c1-3-16-14(17)7-9-19-13-5-4-12(18-2)10-11(13)6-8-15/h4-5,10H,3,6-9,15H2,1-2H3,(H,16,17). The van der Waals surface area contributed by atoms with Gasteiger partial charge in [0.2, 0.25) is 5.91 Å². The molecule has 0 fully saturated rings. The Morgan fingerprint density at radius 1 is 1.42 bits per heavy atom. The second-order valence-electron chi connectivity index (χ2n) is 4.06. The number of carbonyl (C=O) groups excluding carboxylic acids is 1. The third-order valence-electron chi connectivity index (χ3n) is 2.64. The van der Waals surface area contributed by atoms with Crippen molar-refractivity contribution in [1.29, 1.82) is 0 Å². The normalized spacial score (nSPS) is 10.1. The second kappa shape index (κ2) is 8.37. The molecule has 106 valence electrons. The van der Waals surface area contributed by atoms with E-state index in [1.54, 1.807) is 7.11 Å². The van der Waals surface area contributed by atoms with Crippen molar-refractivity contribution < 1.29 is 14.3 Å². The fourth-order valence-electron chi connectivity index (χ4n) is 1.71. The van der Waals surface area contributed by atoms with Crippen molar-refractivity contribution in [2.24, 2.45) is 5.73 Å². The molecule has 1 aromatic carbocycles. The number of carbonyl (C=O) groups is 1. The smallest absolute Gasteiger partial charge is 0.223 e. The van der Waals surface area contributed by atoms with E-state index in [4.69, 9.17) is 15.2 Å². The first-order valence-electron chi connectivity index (χ1n) is 6.47. The lowest BCUT2D eigenvalue weighted by molar-refractivity contribution is -0.121. The van der Waals surface area contributed by atoms with Crippen LogP contribution < -0.4 is 20.5 Å². The Balaban J connectivity index is 2.58. The van der Waals surface area contributed by atoms with Gasteiger partial charge in [-0.1, -0.05) is 0 Å². The minimum absolute atomic E-state index is 0.00335. The molecule has 0 spiro atoms. The monoisotopic (exact) mass is 266 g/mol. The fourth-order valence-corrected chi connectivity index (χ4v) is 1.71. The van der Waals surface area contributed by atoms with E-state index in [1.807, 2.05) is 25.1 Å². The molecular formula is C14H22N2O3. The van der Waals surface area contributed by atoms with E-state index in [9.17, 15) is 4.79 Å². The van der Waals surface area contributed by atoms with Gasteiger partial charge < -0.3 is 20.5 Å². The van der Waals surface area contributed by atoms with Gasteiger partial charge >= 0.3 is 0 Å². The quantitative estimate of drug-likeness (QED) is 0.739. The lowest BCUT2D eigenvalue weighted by atomic mass is 10.1. The maximum atomic E-state index is 11.3. The topological polar surface area (TPSA) is 73.6 Å². The van der Waals surface area contributed by atoms with Gasteiger partial charge in [0, 0.05) is 6.54 Å². The summed E-state index contributed by atoms with van der Waals surface area (Å²) in [4.78, 5) is 11.3. The number of nitrogens with two attached hydrogens (primary N) is 1. The Bertz CT molecular complexity index is 408. The number of hydrogen-bond acceptors (Lipinski definition) is 4. The van der Waals surface area contributed by atoms with E-state index in [0.29, 0.717) is 32.5 Å². The molecule has 1 aromatic rings. The first-order valence-corrected chi connectivity index (χ1v) is 6.47. The minimum Gasteiger partial charge on any atom is -0.497 e. The van der Waals surface area contributed by atoms with Crippen LogP contribution in [-0.2, 0) is 11.2 Å². The van der Waals surface area contributed by atoms with Gasteiger partial charge in [-0.2, -0.15) is 0 Å². The van der Waals surface area contributed by atoms with Crippen LogP contribution in [0.3, 0.4) is 0 Å². The van der Waals surface area contributed by atoms with E-state index in [-0.39, 0.29) is 5.91 Å². The van der Waals surface area contributed by atoms with Crippen LogP contribution in [0.15, 0.2) is 18.2 Å². The van der Waals surface area contributed by atoms with E-state index < -0.39 is 0 Å². The Labute approximate surface area is 114 Å². The Morgan fingerprint density at radius 2 is 2.21 bits per heavy atom. The molecule has 0 aliphatic heterocycles. The Kier molecular flexibility index (Phi) is 6.74. The lowest BCUT2D eigenvalue weighted by Crippen LogP contribution is -2.24. The van der Waals surface area contributed by atoms with Crippen molar-refractivity contribution in [1.82, 2.24) is 5.32 Å². The van der Waals surface area contributed by atoms with Crippen LogP contribution in [0, 0.1) is 0 Å². The summed E-state index contributed by atoms with van der Waals surface area (Å²) in [6, 6.07) is 5.59. The van der Waals surface area contributed by atoms with Crippen LogP contribution in [0.2, 0.25) is 0 Å². The summed E-state index contributed by atoms with van der Waals surface area (Å²) in [7, 11) is 1.62. The first kappa shape index (κ1) is 15.3. The molecule has 0 atom stereocenters. The molecule has 0 aliphatic rings. The van der Waals surface area contributed by atoms with Gasteiger partial charge in [0.05, 0.1) is 20.1 Å². The summed E-state index contributed by atoms with van der Waals surface area (Å²) in [5.41, 5.74) is 6.57. The fraction of sp³-hybridized carbons (Fsp3) is 0.500. The van der Waals surface area contributed by atoms with Crippen LogP contribution in [-0.4, -0.2) is 32.7 Å². The highest BCUT2D eigenvalue weighted by molar-refractivity contribution is 5.75. The molecule has 0 radical (unpaired) electrons. The highest BCUT2D eigenvalue weighted by Gasteiger charge is 2.06. The molecule has 0 aromatic heterocycles.